The molecule has 104 valence electrons. The molecule has 0 atom stereocenters. The van der Waals surface area contributed by atoms with Crippen LogP contribution in [0.4, 0.5) is 0 Å². The van der Waals surface area contributed by atoms with E-state index < -0.39 is 5.97 Å². The number of carboxylic acids is 1. The summed E-state index contributed by atoms with van der Waals surface area (Å²) in [6, 6.07) is 6.25. The summed E-state index contributed by atoms with van der Waals surface area (Å²) in [5, 5.41) is 10.1. The number of carboxylic acid groups (broad SMARTS) is 1. The first-order valence-corrected chi connectivity index (χ1v) is 6.48. The van der Waals surface area contributed by atoms with Crippen LogP contribution in [-0.2, 0) is 0 Å². The lowest BCUT2D eigenvalue weighted by Gasteiger charge is -2.12. The molecule has 0 saturated heterocycles. The minimum atomic E-state index is -1.10. The van der Waals surface area contributed by atoms with Crippen LogP contribution in [0.15, 0.2) is 24.3 Å². The number of ether oxygens (including phenoxy) is 1. The Morgan fingerprint density at radius 3 is 2.30 bits per heavy atom. The fraction of sp³-hybridized carbons (Fsp3) is 0.143. The van der Waals surface area contributed by atoms with Crippen molar-refractivity contribution in [3.05, 3.63) is 51.3 Å². The van der Waals surface area contributed by atoms with Crippen molar-refractivity contribution >= 4 is 29.2 Å². The quantitative estimate of drug-likeness (QED) is 0.906. The topological polar surface area (TPSA) is 59.4 Å². The molecule has 1 aromatic heterocycles. The third-order valence-electron chi connectivity index (χ3n) is 2.57. The van der Waals surface area contributed by atoms with E-state index >= 15 is 0 Å². The normalized spacial score (nSPS) is 10.4. The fourth-order valence-electron chi connectivity index (χ4n) is 1.85. The molecule has 0 aliphatic heterocycles. The second kappa shape index (κ2) is 5.69. The van der Waals surface area contributed by atoms with Crippen molar-refractivity contribution in [2.24, 2.45) is 0 Å². The van der Waals surface area contributed by atoms with Gasteiger partial charge in [-0.1, -0.05) is 23.2 Å². The Hall–Kier alpha value is -1.78. The summed E-state index contributed by atoms with van der Waals surface area (Å²) in [6.07, 6.45) is 0. The Morgan fingerprint density at radius 2 is 1.75 bits per heavy atom. The SMILES string of the molecule is Cc1cc(Oc2cc(Cl)cc(Cl)c2)c(C(=O)O)c(C)n1. The third kappa shape index (κ3) is 3.21. The smallest absolute Gasteiger partial charge is 0.341 e. The van der Waals surface area contributed by atoms with Gasteiger partial charge >= 0.3 is 5.97 Å². The molecule has 1 heterocycles. The number of halogens is 2. The van der Waals surface area contributed by atoms with Gasteiger partial charge in [0.05, 0.1) is 5.69 Å². The number of carbonyl (C=O) groups is 1. The standard InChI is InChI=1S/C14H11Cl2NO3/c1-7-3-12(13(14(18)19)8(2)17-7)20-11-5-9(15)4-10(16)6-11/h3-6H,1-2H3,(H,18,19). The van der Waals surface area contributed by atoms with Gasteiger partial charge in [-0.05, 0) is 32.0 Å². The van der Waals surface area contributed by atoms with Gasteiger partial charge in [0.15, 0.2) is 0 Å². The van der Waals surface area contributed by atoms with Crippen molar-refractivity contribution in [1.29, 1.82) is 0 Å². The zero-order chi connectivity index (χ0) is 14.9. The van der Waals surface area contributed by atoms with Gasteiger partial charge in [-0.3, -0.25) is 4.98 Å². The highest BCUT2D eigenvalue weighted by Gasteiger charge is 2.17. The van der Waals surface area contributed by atoms with Crippen LogP contribution in [-0.4, -0.2) is 16.1 Å². The molecule has 0 fully saturated rings. The number of nitrogens with zero attached hydrogens (tertiary/aromatic N) is 1. The molecule has 1 aromatic carbocycles. The molecular weight excluding hydrogens is 301 g/mol. The Labute approximate surface area is 125 Å². The largest absolute Gasteiger partial charge is 0.477 e. The summed E-state index contributed by atoms with van der Waals surface area (Å²) in [5.74, 6) is -0.519. The first-order valence-electron chi connectivity index (χ1n) is 5.72. The molecule has 0 unspecified atom stereocenters. The molecule has 0 saturated carbocycles. The maximum atomic E-state index is 11.3. The lowest BCUT2D eigenvalue weighted by molar-refractivity contribution is 0.0693. The summed E-state index contributed by atoms with van der Waals surface area (Å²) in [4.78, 5) is 15.4. The van der Waals surface area contributed by atoms with E-state index in [1.54, 1.807) is 38.1 Å². The van der Waals surface area contributed by atoms with Crippen LogP contribution in [0.1, 0.15) is 21.7 Å². The minimum Gasteiger partial charge on any atom is -0.477 e. The van der Waals surface area contributed by atoms with E-state index in [4.69, 9.17) is 27.9 Å². The van der Waals surface area contributed by atoms with E-state index in [9.17, 15) is 9.90 Å². The summed E-state index contributed by atoms with van der Waals surface area (Å²) in [6.45, 7) is 3.38. The average molecular weight is 312 g/mol. The minimum absolute atomic E-state index is 0.0201. The Kier molecular flexibility index (Phi) is 4.16. The predicted molar refractivity (Wildman–Crippen MR) is 77.2 cm³/mol. The van der Waals surface area contributed by atoms with Gasteiger partial charge in [0.1, 0.15) is 17.1 Å². The van der Waals surface area contributed by atoms with Gasteiger partial charge in [0.2, 0.25) is 0 Å². The fourth-order valence-corrected chi connectivity index (χ4v) is 2.35. The van der Waals surface area contributed by atoms with E-state index in [0.717, 1.165) is 0 Å². The number of pyridine rings is 1. The lowest BCUT2D eigenvalue weighted by atomic mass is 10.1. The highest BCUT2D eigenvalue weighted by molar-refractivity contribution is 6.34. The molecule has 0 spiro atoms. The molecule has 6 heteroatoms. The number of aryl methyl sites for hydroxylation is 2. The molecule has 0 bridgehead atoms. The highest BCUT2D eigenvalue weighted by atomic mass is 35.5. The monoisotopic (exact) mass is 311 g/mol. The Bertz CT molecular complexity index is 666. The molecule has 0 amide bonds. The number of hydrogen-bond donors (Lipinski definition) is 1. The van der Waals surface area contributed by atoms with Gasteiger partial charge in [0, 0.05) is 21.8 Å². The van der Waals surface area contributed by atoms with Crippen LogP contribution >= 0.6 is 23.2 Å². The summed E-state index contributed by atoms with van der Waals surface area (Å²) in [5.41, 5.74) is 1.07. The summed E-state index contributed by atoms with van der Waals surface area (Å²) >= 11 is 11.8. The third-order valence-corrected chi connectivity index (χ3v) is 3.01. The predicted octanol–water partition coefficient (Wildman–Crippen LogP) is 4.50. The summed E-state index contributed by atoms with van der Waals surface area (Å²) in [7, 11) is 0. The molecule has 2 rings (SSSR count). The molecule has 0 aliphatic carbocycles. The van der Waals surface area contributed by atoms with Gasteiger partial charge < -0.3 is 9.84 Å². The number of benzene rings is 1. The first-order chi connectivity index (χ1) is 9.36. The number of aromatic nitrogens is 1. The zero-order valence-corrected chi connectivity index (χ0v) is 12.3. The van der Waals surface area contributed by atoms with Crippen LogP contribution in [0.3, 0.4) is 0 Å². The highest BCUT2D eigenvalue weighted by Crippen LogP contribution is 2.31. The van der Waals surface area contributed by atoms with Crippen molar-refractivity contribution in [3.63, 3.8) is 0 Å². The van der Waals surface area contributed by atoms with Crippen LogP contribution in [0.5, 0.6) is 11.5 Å². The Balaban J connectivity index is 2.49. The van der Waals surface area contributed by atoms with Crippen molar-refractivity contribution in [2.45, 2.75) is 13.8 Å². The van der Waals surface area contributed by atoms with Crippen molar-refractivity contribution in [2.75, 3.05) is 0 Å². The lowest BCUT2D eigenvalue weighted by Crippen LogP contribution is -2.06. The van der Waals surface area contributed by atoms with Gasteiger partial charge in [-0.15, -0.1) is 0 Å². The average Bonchev–Trinajstić information content (AvgIpc) is 2.25. The van der Waals surface area contributed by atoms with E-state index in [0.29, 0.717) is 27.2 Å². The van der Waals surface area contributed by atoms with E-state index in [2.05, 4.69) is 4.98 Å². The first kappa shape index (κ1) is 14.6. The number of rotatable bonds is 3. The van der Waals surface area contributed by atoms with Crippen LogP contribution in [0, 0.1) is 13.8 Å². The number of aromatic carboxylic acids is 1. The van der Waals surface area contributed by atoms with Gasteiger partial charge in [0.25, 0.3) is 0 Å². The maximum Gasteiger partial charge on any atom is 0.341 e. The molecule has 4 nitrogen and oxygen atoms in total. The van der Waals surface area contributed by atoms with Crippen molar-refractivity contribution < 1.29 is 14.6 Å². The van der Waals surface area contributed by atoms with Crippen LogP contribution < -0.4 is 4.74 Å². The van der Waals surface area contributed by atoms with Crippen molar-refractivity contribution in [1.82, 2.24) is 4.98 Å². The van der Waals surface area contributed by atoms with E-state index in [1.807, 2.05) is 0 Å². The number of hydrogen-bond acceptors (Lipinski definition) is 3. The molecule has 2 aromatic rings. The zero-order valence-electron chi connectivity index (χ0n) is 10.8. The molecule has 0 radical (unpaired) electrons. The molecular formula is C14H11Cl2NO3. The molecule has 20 heavy (non-hydrogen) atoms. The van der Waals surface area contributed by atoms with Crippen molar-refractivity contribution in [3.8, 4) is 11.5 Å². The van der Waals surface area contributed by atoms with E-state index in [1.165, 1.54) is 0 Å². The van der Waals surface area contributed by atoms with Gasteiger partial charge in [-0.25, -0.2) is 4.79 Å². The molecule has 1 N–H and O–H groups in total. The van der Waals surface area contributed by atoms with Gasteiger partial charge in [-0.2, -0.15) is 0 Å². The van der Waals surface area contributed by atoms with E-state index in [-0.39, 0.29) is 11.3 Å². The summed E-state index contributed by atoms with van der Waals surface area (Å²) < 4.78 is 5.60. The Morgan fingerprint density at radius 1 is 1.15 bits per heavy atom. The maximum absolute atomic E-state index is 11.3. The van der Waals surface area contributed by atoms with Crippen LogP contribution in [0.2, 0.25) is 10.0 Å². The second-order valence-corrected chi connectivity index (χ2v) is 5.11. The van der Waals surface area contributed by atoms with Crippen LogP contribution in [0.25, 0.3) is 0 Å². The second-order valence-electron chi connectivity index (χ2n) is 4.23. The molecule has 0 aliphatic rings.